The number of carbonyl (C=O) groups excluding carboxylic acids is 2. The number of imidazole rings is 1. The van der Waals surface area contributed by atoms with Crippen molar-refractivity contribution >= 4 is 11.8 Å². The van der Waals surface area contributed by atoms with Gasteiger partial charge in [0, 0.05) is 31.7 Å². The molecule has 1 unspecified atom stereocenters. The van der Waals surface area contributed by atoms with E-state index >= 15 is 0 Å². The maximum Gasteiger partial charge on any atom is 0.272 e. The fourth-order valence-corrected chi connectivity index (χ4v) is 3.70. The Morgan fingerprint density at radius 1 is 1.23 bits per heavy atom. The highest BCUT2D eigenvalue weighted by Gasteiger charge is 2.35. The molecule has 3 rings (SSSR count). The fourth-order valence-electron chi connectivity index (χ4n) is 3.70. The van der Waals surface area contributed by atoms with Gasteiger partial charge in [-0.3, -0.25) is 14.5 Å². The van der Waals surface area contributed by atoms with Crippen molar-refractivity contribution in [2.24, 2.45) is 5.41 Å². The molecule has 1 aromatic carbocycles. The maximum atomic E-state index is 13.9. The van der Waals surface area contributed by atoms with Crippen LogP contribution in [0.3, 0.4) is 0 Å². The van der Waals surface area contributed by atoms with Gasteiger partial charge in [-0.2, -0.15) is 0 Å². The Labute approximate surface area is 180 Å². The van der Waals surface area contributed by atoms with Crippen molar-refractivity contribution in [1.82, 2.24) is 25.1 Å². The molecule has 2 atom stereocenters. The molecule has 0 saturated carbocycles. The molecule has 0 spiro atoms. The predicted octanol–water partition coefficient (Wildman–Crippen LogP) is 2.55. The van der Waals surface area contributed by atoms with Gasteiger partial charge in [-0.05, 0) is 37.6 Å². The molecule has 168 valence electrons. The summed E-state index contributed by atoms with van der Waals surface area (Å²) < 4.78 is 29.2. The van der Waals surface area contributed by atoms with Crippen LogP contribution in [0.25, 0.3) is 11.4 Å². The average Bonchev–Trinajstić information content (AvgIpc) is 3.05. The lowest BCUT2D eigenvalue weighted by molar-refractivity contribution is -0.124. The zero-order valence-corrected chi connectivity index (χ0v) is 18.7. The highest BCUT2D eigenvalue weighted by molar-refractivity contribution is 5.97. The third-order valence-corrected chi connectivity index (χ3v) is 5.71. The Balaban J connectivity index is 2.07. The minimum absolute atomic E-state index is 0.162. The smallest absolute Gasteiger partial charge is 0.272 e. The second-order valence-electron chi connectivity index (χ2n) is 9.12. The maximum absolute atomic E-state index is 13.9. The first kappa shape index (κ1) is 22.9. The van der Waals surface area contributed by atoms with Gasteiger partial charge in [0.1, 0.15) is 11.9 Å². The number of hydrogen-bond acceptors (Lipinski definition) is 4. The number of benzene rings is 1. The summed E-state index contributed by atoms with van der Waals surface area (Å²) in [6.07, 6.45) is 0. The SMILES string of the molecule is CNC(=O)[C@@H](NC(=O)c1nc(-c2ccc(F)c(F)c2)n2c1CN(C)C(C)C2)C(C)(C)C. The quantitative estimate of drug-likeness (QED) is 0.777. The monoisotopic (exact) mass is 433 g/mol. The summed E-state index contributed by atoms with van der Waals surface area (Å²) in [6, 6.07) is 2.97. The Hall–Kier alpha value is -2.81. The first-order valence-electron chi connectivity index (χ1n) is 10.2. The zero-order valence-electron chi connectivity index (χ0n) is 18.7. The van der Waals surface area contributed by atoms with Gasteiger partial charge in [0.05, 0.1) is 5.69 Å². The fraction of sp³-hybridized carbons (Fsp3) is 0.500. The van der Waals surface area contributed by atoms with Crippen LogP contribution in [-0.4, -0.2) is 52.4 Å². The van der Waals surface area contributed by atoms with Gasteiger partial charge in [0.2, 0.25) is 5.91 Å². The van der Waals surface area contributed by atoms with E-state index in [4.69, 9.17) is 0 Å². The summed E-state index contributed by atoms with van der Waals surface area (Å²) >= 11 is 0. The van der Waals surface area contributed by atoms with Crippen LogP contribution in [-0.2, 0) is 17.9 Å². The lowest BCUT2D eigenvalue weighted by atomic mass is 9.86. The van der Waals surface area contributed by atoms with Gasteiger partial charge >= 0.3 is 0 Å². The standard InChI is InChI=1S/C22H29F2N5O2/c1-12-10-29-16(11-28(12)6)17(20(30)27-18(21(31)25-5)22(2,3)4)26-19(29)13-7-8-14(23)15(24)9-13/h7-9,12,18H,10-11H2,1-6H3,(H,25,31)(H,27,30)/t12?,18-/m1/s1. The molecule has 2 amide bonds. The van der Waals surface area contributed by atoms with E-state index in [9.17, 15) is 18.4 Å². The van der Waals surface area contributed by atoms with Crippen LogP contribution in [0.4, 0.5) is 8.78 Å². The number of halogens is 2. The molecule has 0 fully saturated rings. The van der Waals surface area contributed by atoms with E-state index in [0.717, 1.165) is 12.1 Å². The molecule has 1 aromatic heterocycles. The molecule has 0 saturated heterocycles. The zero-order chi connectivity index (χ0) is 23.1. The number of aromatic nitrogens is 2. The molecule has 31 heavy (non-hydrogen) atoms. The van der Waals surface area contributed by atoms with Crippen molar-refractivity contribution in [2.75, 3.05) is 14.1 Å². The second-order valence-corrected chi connectivity index (χ2v) is 9.12. The number of rotatable bonds is 4. The number of nitrogens with zero attached hydrogens (tertiary/aromatic N) is 3. The molecule has 0 radical (unpaired) electrons. The minimum Gasteiger partial charge on any atom is -0.357 e. The van der Waals surface area contributed by atoms with Crippen molar-refractivity contribution in [3.05, 3.63) is 41.2 Å². The van der Waals surface area contributed by atoms with Crippen molar-refractivity contribution < 1.29 is 18.4 Å². The normalized spacial score (nSPS) is 17.7. The van der Waals surface area contributed by atoms with Crippen molar-refractivity contribution in [3.63, 3.8) is 0 Å². The first-order valence-corrected chi connectivity index (χ1v) is 10.2. The van der Waals surface area contributed by atoms with Crippen LogP contribution < -0.4 is 10.6 Å². The van der Waals surface area contributed by atoms with Crippen molar-refractivity contribution in [3.8, 4) is 11.4 Å². The van der Waals surface area contributed by atoms with Gasteiger partial charge < -0.3 is 15.2 Å². The number of likely N-dealkylation sites (N-methyl/N-ethyl adjacent to an activating group) is 2. The average molecular weight is 434 g/mol. The summed E-state index contributed by atoms with van der Waals surface area (Å²) in [5.74, 6) is -2.32. The Kier molecular flexibility index (Phi) is 6.18. The number of nitrogens with one attached hydrogen (secondary N) is 2. The van der Waals surface area contributed by atoms with Crippen LogP contribution in [0.5, 0.6) is 0 Å². The lowest BCUT2D eigenvalue weighted by Gasteiger charge is -2.32. The summed E-state index contributed by atoms with van der Waals surface area (Å²) in [4.78, 5) is 32.2. The predicted molar refractivity (Wildman–Crippen MR) is 113 cm³/mol. The van der Waals surface area contributed by atoms with E-state index < -0.39 is 29.0 Å². The number of hydrogen-bond donors (Lipinski definition) is 2. The molecule has 7 nitrogen and oxygen atoms in total. The highest BCUT2D eigenvalue weighted by Crippen LogP contribution is 2.29. The van der Waals surface area contributed by atoms with Crippen LogP contribution in [0.15, 0.2) is 18.2 Å². The molecule has 2 heterocycles. The molecule has 2 aromatic rings. The number of fused-ring (bicyclic) bond motifs is 1. The van der Waals surface area contributed by atoms with Gasteiger partial charge in [-0.1, -0.05) is 20.8 Å². The van der Waals surface area contributed by atoms with E-state index in [2.05, 4.69) is 20.5 Å². The number of amides is 2. The molecule has 9 heteroatoms. The summed E-state index contributed by atoms with van der Waals surface area (Å²) in [5, 5.41) is 5.39. The topological polar surface area (TPSA) is 79.3 Å². The molecule has 2 N–H and O–H groups in total. The van der Waals surface area contributed by atoms with Crippen LogP contribution in [0.2, 0.25) is 0 Å². The van der Waals surface area contributed by atoms with Gasteiger partial charge in [-0.25, -0.2) is 13.8 Å². The van der Waals surface area contributed by atoms with E-state index in [1.165, 1.54) is 13.1 Å². The van der Waals surface area contributed by atoms with Gasteiger partial charge in [-0.15, -0.1) is 0 Å². The Morgan fingerprint density at radius 3 is 2.48 bits per heavy atom. The molecule has 1 aliphatic rings. The van der Waals surface area contributed by atoms with Gasteiger partial charge in [0.15, 0.2) is 17.3 Å². The molecular weight excluding hydrogens is 404 g/mol. The molecular formula is C22H29F2N5O2. The molecule has 1 aliphatic heterocycles. The van der Waals surface area contributed by atoms with Crippen LogP contribution >= 0.6 is 0 Å². The molecule has 0 bridgehead atoms. The van der Waals surface area contributed by atoms with E-state index in [1.54, 1.807) is 0 Å². The Morgan fingerprint density at radius 2 is 1.90 bits per heavy atom. The third-order valence-electron chi connectivity index (χ3n) is 5.71. The summed E-state index contributed by atoms with van der Waals surface area (Å²) in [7, 11) is 3.46. The molecule has 0 aliphatic carbocycles. The largest absolute Gasteiger partial charge is 0.357 e. The van der Waals surface area contributed by atoms with E-state index in [1.807, 2.05) is 39.3 Å². The van der Waals surface area contributed by atoms with Crippen molar-refractivity contribution in [2.45, 2.75) is 52.9 Å². The first-order chi connectivity index (χ1) is 14.4. The highest BCUT2D eigenvalue weighted by atomic mass is 19.2. The summed E-state index contributed by atoms with van der Waals surface area (Å²) in [6.45, 7) is 8.62. The number of carbonyl (C=O) groups is 2. The third kappa shape index (κ3) is 4.46. The minimum atomic E-state index is -0.978. The second kappa shape index (κ2) is 8.37. The van der Waals surface area contributed by atoms with E-state index in [-0.39, 0.29) is 17.6 Å². The Bertz CT molecular complexity index is 1010. The van der Waals surface area contributed by atoms with E-state index in [0.29, 0.717) is 30.2 Å². The lowest BCUT2D eigenvalue weighted by Crippen LogP contribution is -2.53. The van der Waals surface area contributed by atoms with Gasteiger partial charge in [0.25, 0.3) is 5.91 Å². The van der Waals surface area contributed by atoms with Crippen LogP contribution in [0.1, 0.15) is 43.9 Å². The van der Waals surface area contributed by atoms with Crippen LogP contribution in [0, 0.1) is 17.0 Å². The van der Waals surface area contributed by atoms with Crippen molar-refractivity contribution in [1.29, 1.82) is 0 Å². The summed E-state index contributed by atoms with van der Waals surface area (Å²) in [5.41, 5.74) is 0.706.